The van der Waals surface area contributed by atoms with E-state index in [9.17, 15) is 8.42 Å². The van der Waals surface area contributed by atoms with E-state index in [2.05, 4.69) is 10.6 Å². The molecule has 3 rings (SSSR count). The van der Waals surface area contributed by atoms with Crippen molar-refractivity contribution in [2.75, 3.05) is 39.0 Å². The first kappa shape index (κ1) is 20.8. The van der Waals surface area contributed by atoms with Crippen LogP contribution in [0.1, 0.15) is 24.6 Å². The van der Waals surface area contributed by atoms with Crippen molar-refractivity contribution in [3.63, 3.8) is 0 Å². The largest absolute Gasteiger partial charge is 0.463 e. The van der Waals surface area contributed by atoms with Gasteiger partial charge in [0.15, 0.2) is 16.9 Å². The highest BCUT2D eigenvalue weighted by atomic mass is 32.2. The molecule has 3 N–H and O–H groups in total. The molecule has 2 aromatic rings. The third-order valence-electron chi connectivity index (χ3n) is 4.96. The number of nitrogens with one attached hydrogen (secondary N) is 3. The number of quaternary nitrogens is 1. The van der Waals surface area contributed by atoms with Crippen LogP contribution in [-0.2, 0) is 10.0 Å². The van der Waals surface area contributed by atoms with Crippen LogP contribution < -0.4 is 15.5 Å². The zero-order valence-electron chi connectivity index (χ0n) is 16.1. The Morgan fingerprint density at radius 2 is 2.00 bits per heavy atom. The summed E-state index contributed by atoms with van der Waals surface area (Å²) >= 11 is 5.42. The second-order valence-electron chi connectivity index (χ2n) is 7.08. The first-order valence-electron chi connectivity index (χ1n) is 9.33. The molecule has 1 aliphatic rings. The van der Waals surface area contributed by atoms with Gasteiger partial charge in [0.25, 0.3) is 0 Å². The molecule has 1 saturated heterocycles. The van der Waals surface area contributed by atoms with Gasteiger partial charge in [0.1, 0.15) is 0 Å². The first-order chi connectivity index (χ1) is 13.4. The molecule has 9 heteroatoms. The minimum atomic E-state index is -3.49. The maximum absolute atomic E-state index is 12.3. The molecule has 0 spiro atoms. The summed E-state index contributed by atoms with van der Waals surface area (Å²) in [6.07, 6.45) is 4.15. The summed E-state index contributed by atoms with van der Waals surface area (Å²) in [5.41, 5.74) is 0.628. The number of benzene rings is 1. The Morgan fingerprint density at radius 3 is 2.64 bits per heavy atom. The first-order valence-corrected chi connectivity index (χ1v) is 11.2. The number of rotatable bonds is 7. The van der Waals surface area contributed by atoms with Gasteiger partial charge < -0.3 is 20.0 Å². The maximum atomic E-state index is 12.3. The van der Waals surface area contributed by atoms with Crippen molar-refractivity contribution in [2.24, 2.45) is 0 Å². The molecule has 7 nitrogen and oxygen atoms in total. The monoisotopic (exact) mass is 423 g/mol. The van der Waals surface area contributed by atoms with E-state index in [1.54, 1.807) is 30.5 Å². The lowest BCUT2D eigenvalue weighted by Gasteiger charge is -2.24. The lowest BCUT2D eigenvalue weighted by Crippen LogP contribution is -3.11. The molecular weight excluding hydrogens is 396 g/mol. The molecule has 28 heavy (non-hydrogen) atoms. The predicted octanol–water partition coefficient (Wildman–Crippen LogP) is 1.24. The minimum Gasteiger partial charge on any atom is -0.463 e. The summed E-state index contributed by atoms with van der Waals surface area (Å²) in [7, 11) is -0.466. The Kier molecular flexibility index (Phi) is 6.71. The Labute approximate surface area is 171 Å². The number of thiocarbonyl (C=S) groups is 1. The van der Waals surface area contributed by atoms with Crippen LogP contribution >= 0.6 is 12.2 Å². The van der Waals surface area contributed by atoms with Crippen LogP contribution in [0.3, 0.4) is 0 Å². The van der Waals surface area contributed by atoms with E-state index >= 15 is 0 Å². The highest BCUT2D eigenvalue weighted by Crippen LogP contribution is 2.18. The van der Waals surface area contributed by atoms with Crippen LogP contribution in [0, 0.1) is 0 Å². The van der Waals surface area contributed by atoms with Crippen molar-refractivity contribution in [1.82, 2.24) is 9.62 Å². The second kappa shape index (κ2) is 9.04. The number of sulfonamides is 1. The van der Waals surface area contributed by atoms with Gasteiger partial charge in [-0.3, -0.25) is 0 Å². The Balaban J connectivity index is 1.64. The number of hydrogen-bond donors (Lipinski definition) is 3. The minimum absolute atomic E-state index is 0.192. The Morgan fingerprint density at radius 1 is 1.25 bits per heavy atom. The highest BCUT2D eigenvalue weighted by molar-refractivity contribution is 7.89. The van der Waals surface area contributed by atoms with Crippen LogP contribution in [0.25, 0.3) is 0 Å². The van der Waals surface area contributed by atoms with Crippen molar-refractivity contribution in [1.29, 1.82) is 0 Å². The van der Waals surface area contributed by atoms with Crippen molar-refractivity contribution in [3.8, 4) is 0 Å². The van der Waals surface area contributed by atoms with Gasteiger partial charge in [-0.15, -0.1) is 0 Å². The van der Waals surface area contributed by atoms with Crippen molar-refractivity contribution < 1.29 is 17.7 Å². The van der Waals surface area contributed by atoms with Gasteiger partial charge in [0.2, 0.25) is 10.0 Å². The molecule has 0 saturated carbocycles. The summed E-state index contributed by atoms with van der Waals surface area (Å²) < 4.78 is 31.4. The van der Waals surface area contributed by atoms with Gasteiger partial charge in [-0.2, -0.15) is 0 Å². The predicted molar refractivity (Wildman–Crippen MR) is 113 cm³/mol. The van der Waals surface area contributed by atoms with Crippen molar-refractivity contribution >= 4 is 33.0 Å². The molecule has 1 fully saturated rings. The lowest BCUT2D eigenvalue weighted by atomic mass is 10.2. The molecule has 1 aromatic carbocycles. The van der Waals surface area contributed by atoms with Crippen LogP contribution in [0.5, 0.6) is 0 Å². The SMILES string of the molecule is CN(C)S(=O)(=O)c1cccc(NC(=S)NC[C@@H](c2ccco2)[NH+]2CCCC2)c1. The molecule has 0 aliphatic carbocycles. The average molecular weight is 424 g/mol. The molecular formula is C19H27N4O3S2+. The molecule has 0 radical (unpaired) electrons. The van der Waals surface area contributed by atoms with E-state index < -0.39 is 10.0 Å². The van der Waals surface area contributed by atoms with Gasteiger partial charge >= 0.3 is 0 Å². The van der Waals surface area contributed by atoms with E-state index in [1.807, 2.05) is 12.1 Å². The summed E-state index contributed by atoms with van der Waals surface area (Å²) in [6.45, 7) is 2.89. The molecule has 152 valence electrons. The van der Waals surface area contributed by atoms with Crippen molar-refractivity contribution in [3.05, 3.63) is 48.4 Å². The van der Waals surface area contributed by atoms with Gasteiger partial charge in [0, 0.05) is 32.6 Å². The Bertz CT molecular complexity index is 892. The summed E-state index contributed by atoms with van der Waals surface area (Å²) in [5, 5.41) is 6.79. The lowest BCUT2D eigenvalue weighted by molar-refractivity contribution is -0.919. The van der Waals surface area contributed by atoms with Gasteiger partial charge in [-0.25, -0.2) is 12.7 Å². The zero-order valence-corrected chi connectivity index (χ0v) is 17.8. The topological polar surface area (TPSA) is 79.0 Å². The van der Waals surface area contributed by atoms with E-state index in [0.717, 1.165) is 18.8 Å². The summed E-state index contributed by atoms with van der Waals surface area (Å²) in [5.74, 6) is 0.950. The smallest absolute Gasteiger partial charge is 0.242 e. The molecule has 1 atom stereocenters. The highest BCUT2D eigenvalue weighted by Gasteiger charge is 2.29. The molecule has 0 unspecified atom stereocenters. The van der Waals surface area contributed by atoms with Crippen LogP contribution in [-0.4, -0.2) is 51.6 Å². The number of anilines is 1. The third kappa shape index (κ3) is 4.91. The van der Waals surface area contributed by atoms with E-state index in [4.69, 9.17) is 16.6 Å². The maximum Gasteiger partial charge on any atom is 0.242 e. The average Bonchev–Trinajstić information content (AvgIpc) is 3.36. The van der Waals surface area contributed by atoms with Gasteiger partial charge in [-0.1, -0.05) is 6.07 Å². The Hall–Kier alpha value is -1.94. The number of nitrogens with zero attached hydrogens (tertiary/aromatic N) is 1. The van der Waals surface area contributed by atoms with E-state index in [0.29, 0.717) is 17.3 Å². The molecule has 0 bridgehead atoms. The molecule has 2 heterocycles. The fourth-order valence-corrected chi connectivity index (χ4v) is 4.58. The van der Waals surface area contributed by atoms with Crippen LogP contribution in [0.15, 0.2) is 52.0 Å². The second-order valence-corrected chi connectivity index (χ2v) is 9.64. The van der Waals surface area contributed by atoms with Crippen molar-refractivity contribution in [2.45, 2.75) is 23.8 Å². The van der Waals surface area contributed by atoms with E-state index in [1.165, 1.54) is 36.1 Å². The van der Waals surface area contributed by atoms with Crippen LogP contribution in [0.2, 0.25) is 0 Å². The fourth-order valence-electron chi connectivity index (χ4n) is 3.43. The molecule has 1 aromatic heterocycles. The summed E-state index contributed by atoms with van der Waals surface area (Å²) in [6, 6.07) is 10.7. The van der Waals surface area contributed by atoms with Crippen LogP contribution in [0.4, 0.5) is 5.69 Å². The zero-order chi connectivity index (χ0) is 20.1. The van der Waals surface area contributed by atoms with Gasteiger partial charge in [0.05, 0.1) is 30.8 Å². The number of likely N-dealkylation sites (tertiary alicyclic amines) is 1. The fraction of sp³-hybridized carbons (Fsp3) is 0.421. The standard InChI is InChI=1S/C19H26N4O3S2/c1-22(2)28(24,25)16-8-5-7-15(13-16)21-19(27)20-14-17(18-9-6-12-26-18)23-10-3-4-11-23/h5-9,12-13,17H,3-4,10-11,14H2,1-2H3,(H2,20,21,27)/p+1/t17-/m0/s1. The van der Waals surface area contributed by atoms with Gasteiger partial charge in [-0.05, 0) is 42.5 Å². The normalized spacial score (nSPS) is 16.2. The molecule has 0 amide bonds. The quantitative estimate of drug-likeness (QED) is 0.582. The van der Waals surface area contributed by atoms with E-state index in [-0.39, 0.29) is 10.9 Å². The third-order valence-corrected chi connectivity index (χ3v) is 7.02. The molecule has 1 aliphatic heterocycles. The number of furan rings is 1. The summed E-state index contributed by atoms with van der Waals surface area (Å²) in [4.78, 5) is 1.71. The number of hydrogen-bond acceptors (Lipinski definition) is 4.